The van der Waals surface area contributed by atoms with Gasteiger partial charge in [0.2, 0.25) is 0 Å². The van der Waals surface area contributed by atoms with E-state index in [2.05, 4.69) is 44.1 Å². The summed E-state index contributed by atoms with van der Waals surface area (Å²) in [6.45, 7) is 2.12. The lowest BCUT2D eigenvalue weighted by molar-refractivity contribution is -0.146. The van der Waals surface area contributed by atoms with Crippen LogP contribution >= 0.6 is 43.2 Å². The van der Waals surface area contributed by atoms with Gasteiger partial charge in [-0.15, -0.1) is 11.3 Å². The standard InChI is InChI=1S/C14H17Br2NO3S/c1-2-8-3-5-14(6-4-8,13(19)20)17-12(18)9-7-10(15)21-11(9)16/h7-8H,2-6H2,1H3,(H,17,18)(H,19,20). The molecule has 2 rings (SSSR count). The summed E-state index contributed by atoms with van der Waals surface area (Å²) in [5.74, 6) is -0.701. The van der Waals surface area contributed by atoms with Crippen LogP contribution in [0.3, 0.4) is 0 Å². The van der Waals surface area contributed by atoms with Gasteiger partial charge in [-0.3, -0.25) is 4.79 Å². The van der Waals surface area contributed by atoms with Crippen molar-refractivity contribution in [3.8, 4) is 0 Å². The van der Waals surface area contributed by atoms with Crippen molar-refractivity contribution in [2.24, 2.45) is 5.92 Å². The number of carbonyl (C=O) groups is 2. The van der Waals surface area contributed by atoms with Gasteiger partial charge in [0.05, 0.1) is 13.1 Å². The molecule has 1 aliphatic rings. The maximum absolute atomic E-state index is 12.4. The summed E-state index contributed by atoms with van der Waals surface area (Å²) in [7, 11) is 0. The molecule has 1 amide bonds. The third-order valence-corrected chi connectivity index (χ3v) is 6.54. The van der Waals surface area contributed by atoms with Crippen molar-refractivity contribution >= 4 is 55.1 Å². The lowest BCUT2D eigenvalue weighted by Crippen LogP contribution is -2.56. The van der Waals surface area contributed by atoms with Gasteiger partial charge < -0.3 is 10.4 Å². The van der Waals surface area contributed by atoms with E-state index in [1.54, 1.807) is 6.07 Å². The highest BCUT2D eigenvalue weighted by atomic mass is 79.9. The highest BCUT2D eigenvalue weighted by Crippen LogP contribution is 2.36. The summed E-state index contributed by atoms with van der Waals surface area (Å²) in [4.78, 5) is 24.1. The number of carboxylic acid groups (broad SMARTS) is 1. The lowest BCUT2D eigenvalue weighted by atomic mass is 9.75. The number of aliphatic carboxylic acids is 1. The Morgan fingerprint density at radius 2 is 2.05 bits per heavy atom. The topological polar surface area (TPSA) is 66.4 Å². The van der Waals surface area contributed by atoms with E-state index in [0.29, 0.717) is 28.1 Å². The molecule has 1 aromatic rings. The maximum Gasteiger partial charge on any atom is 0.329 e. The molecule has 0 bridgehead atoms. The first kappa shape index (κ1) is 17.0. The van der Waals surface area contributed by atoms with Gasteiger partial charge in [0.25, 0.3) is 5.91 Å². The Morgan fingerprint density at radius 3 is 2.48 bits per heavy atom. The lowest BCUT2D eigenvalue weighted by Gasteiger charge is -2.37. The van der Waals surface area contributed by atoms with Crippen LogP contribution in [-0.2, 0) is 4.79 Å². The molecular weight excluding hydrogens is 422 g/mol. The number of carbonyl (C=O) groups excluding carboxylic acids is 1. The molecule has 0 saturated heterocycles. The fourth-order valence-corrected chi connectivity index (χ4v) is 5.54. The maximum atomic E-state index is 12.4. The van der Waals surface area contributed by atoms with Crippen molar-refractivity contribution in [3.05, 3.63) is 19.2 Å². The third kappa shape index (κ3) is 3.68. The molecule has 1 heterocycles. The summed E-state index contributed by atoms with van der Waals surface area (Å²) in [6, 6.07) is 1.71. The summed E-state index contributed by atoms with van der Waals surface area (Å²) < 4.78 is 1.54. The number of rotatable bonds is 4. The minimum atomic E-state index is -1.13. The summed E-state index contributed by atoms with van der Waals surface area (Å²) >= 11 is 8.06. The van der Waals surface area contributed by atoms with E-state index in [9.17, 15) is 14.7 Å². The van der Waals surface area contributed by atoms with Crippen LogP contribution in [0, 0.1) is 5.92 Å². The Hall–Kier alpha value is -0.400. The van der Waals surface area contributed by atoms with Crippen molar-refractivity contribution in [2.45, 2.75) is 44.6 Å². The molecular formula is C14H17Br2NO3S. The van der Waals surface area contributed by atoms with Crippen LogP contribution in [0.5, 0.6) is 0 Å². The fraction of sp³-hybridized carbons (Fsp3) is 0.571. The van der Waals surface area contributed by atoms with Gasteiger partial charge in [0, 0.05) is 0 Å². The normalized spacial score (nSPS) is 25.6. The average molecular weight is 439 g/mol. The first-order chi connectivity index (χ1) is 9.88. The number of nitrogens with one attached hydrogen (secondary N) is 1. The first-order valence-electron chi connectivity index (χ1n) is 6.88. The monoisotopic (exact) mass is 437 g/mol. The Balaban J connectivity index is 2.16. The van der Waals surface area contributed by atoms with Crippen LogP contribution in [0.25, 0.3) is 0 Å². The minimum Gasteiger partial charge on any atom is -0.480 e. The largest absolute Gasteiger partial charge is 0.480 e. The smallest absolute Gasteiger partial charge is 0.329 e. The predicted octanol–water partition coefficient (Wildman–Crippen LogP) is 4.43. The second-order valence-electron chi connectivity index (χ2n) is 5.43. The van der Waals surface area contributed by atoms with Gasteiger partial charge in [0.1, 0.15) is 5.54 Å². The van der Waals surface area contributed by atoms with Gasteiger partial charge >= 0.3 is 5.97 Å². The van der Waals surface area contributed by atoms with Crippen LogP contribution in [-0.4, -0.2) is 22.5 Å². The van der Waals surface area contributed by atoms with Crippen LogP contribution in [0.15, 0.2) is 13.6 Å². The molecule has 0 aliphatic heterocycles. The Bertz CT molecular complexity index is 550. The third-order valence-electron chi connectivity index (χ3n) is 4.20. The van der Waals surface area contributed by atoms with Gasteiger partial charge in [-0.25, -0.2) is 4.79 Å². The van der Waals surface area contributed by atoms with Gasteiger partial charge in [-0.2, -0.15) is 0 Å². The fourth-order valence-electron chi connectivity index (χ4n) is 2.75. The molecule has 1 saturated carbocycles. The van der Waals surface area contributed by atoms with Crippen molar-refractivity contribution in [1.82, 2.24) is 5.32 Å². The van der Waals surface area contributed by atoms with Crippen molar-refractivity contribution in [1.29, 1.82) is 0 Å². The molecule has 1 aromatic heterocycles. The molecule has 0 radical (unpaired) electrons. The number of hydrogen-bond acceptors (Lipinski definition) is 3. The highest BCUT2D eigenvalue weighted by molar-refractivity contribution is 9.12. The zero-order chi connectivity index (χ0) is 15.6. The molecule has 4 nitrogen and oxygen atoms in total. The van der Waals surface area contributed by atoms with E-state index < -0.39 is 11.5 Å². The van der Waals surface area contributed by atoms with Crippen molar-refractivity contribution < 1.29 is 14.7 Å². The molecule has 1 fully saturated rings. The van der Waals surface area contributed by atoms with Crippen molar-refractivity contribution in [2.75, 3.05) is 0 Å². The van der Waals surface area contributed by atoms with E-state index in [1.165, 1.54) is 11.3 Å². The minimum absolute atomic E-state index is 0.332. The molecule has 0 unspecified atom stereocenters. The number of amides is 1. The SMILES string of the molecule is CCC1CCC(NC(=O)c2cc(Br)sc2Br)(C(=O)O)CC1. The first-order valence-corrected chi connectivity index (χ1v) is 9.29. The van der Waals surface area contributed by atoms with Crippen LogP contribution < -0.4 is 5.32 Å². The Kier molecular flexibility index (Phi) is 5.48. The van der Waals surface area contributed by atoms with E-state index in [1.807, 2.05) is 0 Å². The molecule has 7 heteroatoms. The quantitative estimate of drug-likeness (QED) is 0.730. The Morgan fingerprint density at radius 1 is 1.43 bits per heavy atom. The van der Waals surface area contributed by atoms with Gasteiger partial charge in [-0.05, 0) is 69.5 Å². The highest BCUT2D eigenvalue weighted by Gasteiger charge is 2.43. The summed E-state index contributed by atoms with van der Waals surface area (Å²) in [6.07, 6.45) is 3.74. The zero-order valence-electron chi connectivity index (χ0n) is 11.6. The summed E-state index contributed by atoms with van der Waals surface area (Å²) in [5, 5.41) is 12.3. The van der Waals surface area contributed by atoms with Crippen molar-refractivity contribution in [3.63, 3.8) is 0 Å². The van der Waals surface area contributed by atoms with Crippen LogP contribution in [0.1, 0.15) is 49.4 Å². The van der Waals surface area contributed by atoms with E-state index in [4.69, 9.17) is 0 Å². The predicted molar refractivity (Wildman–Crippen MR) is 89.8 cm³/mol. The molecule has 0 spiro atoms. The van der Waals surface area contributed by atoms with E-state index >= 15 is 0 Å². The molecule has 2 N–H and O–H groups in total. The van der Waals surface area contributed by atoms with Crippen LogP contribution in [0.4, 0.5) is 0 Å². The molecule has 116 valence electrons. The number of carboxylic acids is 1. The second-order valence-corrected chi connectivity index (χ2v) is 9.18. The van der Waals surface area contributed by atoms with Gasteiger partial charge in [-0.1, -0.05) is 13.3 Å². The molecule has 0 aromatic carbocycles. The molecule has 1 aliphatic carbocycles. The number of hydrogen-bond donors (Lipinski definition) is 2. The molecule has 0 atom stereocenters. The Labute approximate surface area is 144 Å². The average Bonchev–Trinajstić information content (AvgIpc) is 2.78. The zero-order valence-corrected chi connectivity index (χ0v) is 15.6. The van der Waals surface area contributed by atoms with E-state index in [-0.39, 0.29) is 5.91 Å². The van der Waals surface area contributed by atoms with E-state index in [0.717, 1.165) is 23.0 Å². The second kappa shape index (κ2) is 6.79. The van der Waals surface area contributed by atoms with Gasteiger partial charge in [0.15, 0.2) is 0 Å². The number of thiophene rings is 1. The molecule has 21 heavy (non-hydrogen) atoms. The number of halogens is 2. The van der Waals surface area contributed by atoms with Crippen LogP contribution in [0.2, 0.25) is 0 Å². The summed E-state index contributed by atoms with van der Waals surface area (Å²) in [5.41, 5.74) is -0.651.